The summed E-state index contributed by atoms with van der Waals surface area (Å²) in [5, 5.41) is 2.97. The van der Waals surface area contributed by atoms with Crippen LogP contribution in [0.15, 0.2) is 48.5 Å². The van der Waals surface area contributed by atoms with Crippen molar-refractivity contribution in [2.24, 2.45) is 5.92 Å². The monoisotopic (exact) mass is 426 g/mol. The number of nitrogens with one attached hydrogen (secondary N) is 1. The summed E-state index contributed by atoms with van der Waals surface area (Å²) in [6, 6.07) is 13.8. The van der Waals surface area contributed by atoms with Crippen LogP contribution in [0, 0.1) is 11.7 Å². The van der Waals surface area contributed by atoms with E-state index in [9.17, 15) is 14.0 Å². The zero-order chi connectivity index (χ0) is 22.2. The van der Waals surface area contributed by atoms with Gasteiger partial charge >= 0.3 is 0 Å². The van der Waals surface area contributed by atoms with Crippen molar-refractivity contribution in [2.45, 2.75) is 52.2 Å². The second-order valence-corrected chi connectivity index (χ2v) is 8.34. The number of halogens is 1. The van der Waals surface area contributed by atoms with Crippen LogP contribution in [0.2, 0.25) is 0 Å². The van der Waals surface area contributed by atoms with Gasteiger partial charge in [0.1, 0.15) is 11.6 Å². The molecular weight excluding hydrogens is 395 g/mol. The molecule has 1 N–H and O–H groups in total. The standard InChI is InChI=1S/C25H31FN2O3/c1-18(2)31-21-10-7-20(8-11-21)17-27-24(29)12-9-19-13-15-28(16-14-19)25(30)22-5-3-4-6-23(22)26/h3-8,10-11,18-19H,9,12-17H2,1-2H3,(H,27,29). The molecule has 2 aromatic rings. The van der Waals surface area contributed by atoms with Crippen LogP contribution in [0.25, 0.3) is 0 Å². The summed E-state index contributed by atoms with van der Waals surface area (Å²) in [5.74, 6) is 0.535. The van der Waals surface area contributed by atoms with Gasteiger partial charge in [0.15, 0.2) is 0 Å². The predicted molar refractivity (Wildman–Crippen MR) is 118 cm³/mol. The highest BCUT2D eigenvalue weighted by Crippen LogP contribution is 2.23. The van der Waals surface area contributed by atoms with Gasteiger partial charge in [0.05, 0.1) is 11.7 Å². The molecule has 6 heteroatoms. The molecule has 31 heavy (non-hydrogen) atoms. The second-order valence-electron chi connectivity index (χ2n) is 8.34. The summed E-state index contributed by atoms with van der Waals surface area (Å²) in [6.07, 6.45) is 3.08. The lowest BCUT2D eigenvalue weighted by Gasteiger charge is -2.32. The van der Waals surface area contributed by atoms with Gasteiger partial charge in [-0.05, 0) is 68.9 Å². The van der Waals surface area contributed by atoms with E-state index in [4.69, 9.17) is 4.74 Å². The number of likely N-dealkylation sites (tertiary alicyclic amines) is 1. The van der Waals surface area contributed by atoms with Gasteiger partial charge in [-0.3, -0.25) is 9.59 Å². The van der Waals surface area contributed by atoms with Crippen LogP contribution in [0.4, 0.5) is 4.39 Å². The fourth-order valence-corrected chi connectivity index (χ4v) is 3.81. The van der Waals surface area contributed by atoms with E-state index in [1.54, 1.807) is 17.0 Å². The molecule has 1 aliphatic rings. The lowest BCUT2D eigenvalue weighted by atomic mass is 9.91. The van der Waals surface area contributed by atoms with Gasteiger partial charge in [0.25, 0.3) is 5.91 Å². The normalized spacial score (nSPS) is 14.5. The highest BCUT2D eigenvalue weighted by Gasteiger charge is 2.25. The summed E-state index contributed by atoms with van der Waals surface area (Å²) < 4.78 is 19.5. The van der Waals surface area contributed by atoms with Gasteiger partial charge in [-0.25, -0.2) is 4.39 Å². The first kappa shape index (κ1) is 22.8. The van der Waals surface area contributed by atoms with Gasteiger partial charge in [-0.15, -0.1) is 0 Å². The number of benzene rings is 2. The summed E-state index contributed by atoms with van der Waals surface area (Å²) in [7, 11) is 0. The molecule has 0 spiro atoms. The molecular formula is C25H31FN2O3. The summed E-state index contributed by atoms with van der Waals surface area (Å²) in [5.41, 5.74) is 1.16. The Morgan fingerprint density at radius 2 is 1.77 bits per heavy atom. The maximum atomic E-state index is 13.8. The molecule has 3 rings (SSSR count). The van der Waals surface area contributed by atoms with Gasteiger partial charge in [0.2, 0.25) is 5.91 Å². The molecule has 1 fully saturated rings. The molecule has 1 aliphatic heterocycles. The molecule has 0 saturated carbocycles. The largest absolute Gasteiger partial charge is 0.491 e. The SMILES string of the molecule is CC(C)Oc1ccc(CNC(=O)CCC2CCN(C(=O)c3ccccc3F)CC2)cc1. The van der Waals surface area contributed by atoms with Crippen molar-refractivity contribution >= 4 is 11.8 Å². The molecule has 0 radical (unpaired) electrons. The van der Waals surface area contributed by atoms with Crippen LogP contribution in [0.1, 0.15) is 55.5 Å². The van der Waals surface area contributed by atoms with Crippen LogP contribution < -0.4 is 10.1 Å². The minimum absolute atomic E-state index is 0.0346. The molecule has 5 nitrogen and oxygen atoms in total. The Balaban J connectivity index is 1.36. The van der Waals surface area contributed by atoms with Crippen LogP contribution >= 0.6 is 0 Å². The first-order chi connectivity index (χ1) is 14.9. The Kier molecular flexibility index (Phi) is 8.04. The van der Waals surface area contributed by atoms with E-state index in [2.05, 4.69) is 5.32 Å². The molecule has 0 unspecified atom stereocenters. The number of ether oxygens (including phenoxy) is 1. The first-order valence-electron chi connectivity index (χ1n) is 11.0. The third-order valence-corrected chi connectivity index (χ3v) is 5.57. The van der Waals surface area contributed by atoms with Gasteiger partial charge < -0.3 is 15.0 Å². The number of hydrogen-bond acceptors (Lipinski definition) is 3. The molecule has 1 saturated heterocycles. The van der Waals surface area contributed by atoms with E-state index < -0.39 is 5.82 Å². The van der Waals surface area contributed by atoms with Crippen molar-refractivity contribution in [1.29, 1.82) is 0 Å². The molecule has 0 atom stereocenters. The highest BCUT2D eigenvalue weighted by atomic mass is 19.1. The average Bonchev–Trinajstić information content (AvgIpc) is 2.77. The van der Waals surface area contributed by atoms with Gasteiger partial charge in [0, 0.05) is 26.1 Å². The number of amides is 2. The number of carbonyl (C=O) groups excluding carboxylic acids is 2. The number of carbonyl (C=O) groups is 2. The van der Waals surface area contributed by atoms with E-state index in [-0.39, 0.29) is 23.5 Å². The minimum Gasteiger partial charge on any atom is -0.491 e. The van der Waals surface area contributed by atoms with Crippen molar-refractivity contribution in [1.82, 2.24) is 10.2 Å². The van der Waals surface area contributed by atoms with Crippen LogP contribution in [-0.2, 0) is 11.3 Å². The molecule has 2 amide bonds. The Bertz CT molecular complexity index is 875. The van der Waals surface area contributed by atoms with E-state index in [1.807, 2.05) is 38.1 Å². The molecule has 0 aromatic heterocycles. The fraction of sp³-hybridized carbons (Fsp3) is 0.440. The third-order valence-electron chi connectivity index (χ3n) is 5.57. The van der Waals surface area contributed by atoms with Crippen molar-refractivity contribution in [3.05, 3.63) is 65.5 Å². The Labute approximate surface area is 183 Å². The maximum Gasteiger partial charge on any atom is 0.256 e. The van der Waals surface area contributed by atoms with Crippen molar-refractivity contribution in [3.63, 3.8) is 0 Å². The Morgan fingerprint density at radius 3 is 2.42 bits per heavy atom. The van der Waals surface area contributed by atoms with Gasteiger partial charge in [-0.1, -0.05) is 24.3 Å². The number of rotatable bonds is 8. The van der Waals surface area contributed by atoms with E-state index in [0.717, 1.165) is 30.6 Å². The lowest BCUT2D eigenvalue weighted by Crippen LogP contribution is -2.39. The van der Waals surface area contributed by atoms with Gasteiger partial charge in [-0.2, -0.15) is 0 Å². The number of nitrogens with zero attached hydrogens (tertiary/aromatic N) is 1. The fourth-order valence-electron chi connectivity index (χ4n) is 3.81. The van der Waals surface area contributed by atoms with E-state index >= 15 is 0 Å². The minimum atomic E-state index is -0.478. The van der Waals surface area contributed by atoms with Crippen molar-refractivity contribution in [2.75, 3.05) is 13.1 Å². The Morgan fingerprint density at radius 1 is 1.10 bits per heavy atom. The van der Waals surface area contributed by atoms with Crippen LogP contribution in [0.3, 0.4) is 0 Å². The summed E-state index contributed by atoms with van der Waals surface area (Å²) in [4.78, 5) is 26.4. The number of hydrogen-bond donors (Lipinski definition) is 1. The average molecular weight is 427 g/mol. The first-order valence-corrected chi connectivity index (χ1v) is 11.0. The lowest BCUT2D eigenvalue weighted by molar-refractivity contribution is -0.121. The summed E-state index contributed by atoms with van der Waals surface area (Å²) >= 11 is 0. The van der Waals surface area contributed by atoms with Crippen molar-refractivity contribution < 1.29 is 18.7 Å². The zero-order valence-corrected chi connectivity index (χ0v) is 18.3. The second kappa shape index (κ2) is 10.9. The Hall–Kier alpha value is -2.89. The van der Waals surface area contributed by atoms with E-state index in [0.29, 0.717) is 32.0 Å². The van der Waals surface area contributed by atoms with Crippen LogP contribution in [0.5, 0.6) is 5.75 Å². The third kappa shape index (κ3) is 6.81. The van der Waals surface area contributed by atoms with E-state index in [1.165, 1.54) is 12.1 Å². The predicted octanol–water partition coefficient (Wildman–Crippen LogP) is 4.56. The van der Waals surface area contributed by atoms with Crippen LogP contribution in [-0.4, -0.2) is 35.9 Å². The summed E-state index contributed by atoms with van der Waals surface area (Å²) in [6.45, 7) is 5.67. The van der Waals surface area contributed by atoms with Crippen molar-refractivity contribution in [3.8, 4) is 5.75 Å². The topological polar surface area (TPSA) is 58.6 Å². The maximum absolute atomic E-state index is 13.8. The molecule has 0 aliphatic carbocycles. The molecule has 1 heterocycles. The number of piperidine rings is 1. The molecule has 0 bridgehead atoms. The zero-order valence-electron chi connectivity index (χ0n) is 18.3. The smallest absolute Gasteiger partial charge is 0.256 e. The molecule has 166 valence electrons. The quantitative estimate of drug-likeness (QED) is 0.673. The highest BCUT2D eigenvalue weighted by molar-refractivity contribution is 5.94. The molecule has 2 aromatic carbocycles.